The van der Waals surface area contributed by atoms with Crippen LogP contribution in [-0.4, -0.2) is 102 Å². The number of benzene rings is 6. The third kappa shape index (κ3) is 26.1. The molecule has 14 heteroatoms. The molecule has 0 bridgehead atoms. The molecule has 2 heterocycles. The van der Waals surface area contributed by atoms with Crippen molar-refractivity contribution in [3.05, 3.63) is 154 Å². The van der Waals surface area contributed by atoms with Crippen LogP contribution < -0.4 is 9.47 Å². The minimum absolute atomic E-state index is 0.0152. The van der Waals surface area contributed by atoms with E-state index in [1.54, 1.807) is 24.3 Å². The average molecular weight is 1310 g/mol. The highest BCUT2D eigenvalue weighted by molar-refractivity contribution is 5.74. The fourth-order valence-electron chi connectivity index (χ4n) is 11.6. The van der Waals surface area contributed by atoms with E-state index in [-0.39, 0.29) is 37.9 Å². The number of hydrogen-bond donors (Lipinski definition) is 4. The number of unbranched alkanes of at least 4 members (excludes halogenated alkanes) is 19. The number of nitrogens with zero attached hydrogens (tertiary/aromatic N) is 6. The fraction of sp³-hybridized carbons (Fsp3) is 0.488. The molecule has 0 aliphatic carbocycles. The molecule has 0 aliphatic heterocycles. The zero-order valence-electron chi connectivity index (χ0n) is 59.8. The number of ether oxygens (including phenoxy) is 4. The van der Waals surface area contributed by atoms with Gasteiger partial charge in [0, 0.05) is 47.6 Å². The van der Waals surface area contributed by atoms with E-state index in [4.69, 9.17) is 48.9 Å². The lowest BCUT2D eigenvalue weighted by molar-refractivity contribution is 0.0109. The number of phenolic OH excluding ortho intramolecular Hbond substituents is 2. The van der Waals surface area contributed by atoms with Gasteiger partial charge in [0.1, 0.15) is 48.4 Å². The van der Waals surface area contributed by atoms with Gasteiger partial charge < -0.3 is 39.4 Å². The Morgan fingerprint density at radius 1 is 0.312 bits per heavy atom. The highest BCUT2D eigenvalue weighted by Crippen LogP contribution is 2.36. The van der Waals surface area contributed by atoms with E-state index in [0.717, 1.165) is 86.9 Å². The molecule has 6 aromatic carbocycles. The quantitative estimate of drug-likeness (QED) is 0.0266. The topological polar surface area (TPSA) is 195 Å². The van der Waals surface area contributed by atoms with Crippen molar-refractivity contribution in [2.75, 3.05) is 39.6 Å². The Labute approximate surface area is 574 Å². The lowest BCUT2D eigenvalue weighted by Gasteiger charge is -2.14. The molecule has 2 unspecified atom stereocenters. The Hall–Kier alpha value is -7.62. The molecule has 14 nitrogen and oxygen atoms in total. The molecule has 8 aromatic rings. The number of aromatic nitrogens is 6. The van der Waals surface area contributed by atoms with Gasteiger partial charge in [0.2, 0.25) is 0 Å². The Morgan fingerprint density at radius 2 is 0.594 bits per heavy atom. The van der Waals surface area contributed by atoms with E-state index in [1.807, 2.05) is 102 Å². The highest BCUT2D eigenvalue weighted by atomic mass is 16.5. The van der Waals surface area contributed by atoms with Crippen LogP contribution in [0.15, 0.2) is 115 Å². The third-order valence-electron chi connectivity index (χ3n) is 17.0. The summed E-state index contributed by atoms with van der Waals surface area (Å²) < 4.78 is 22.9. The van der Waals surface area contributed by atoms with E-state index in [2.05, 4.69) is 52.8 Å². The minimum atomic E-state index is -0.760. The van der Waals surface area contributed by atoms with E-state index < -0.39 is 12.2 Å². The predicted octanol–water partition coefficient (Wildman–Crippen LogP) is 20.1. The second-order valence-electron chi connectivity index (χ2n) is 25.5. The van der Waals surface area contributed by atoms with E-state index in [1.165, 1.54) is 121 Å². The van der Waals surface area contributed by atoms with Gasteiger partial charge in [0.25, 0.3) is 0 Å². The maximum Gasteiger partial charge on any atom is 0.167 e. The molecule has 0 aliphatic rings. The zero-order valence-corrected chi connectivity index (χ0v) is 59.8. The van der Waals surface area contributed by atoms with Gasteiger partial charge in [-0.1, -0.05) is 245 Å². The summed E-state index contributed by atoms with van der Waals surface area (Å²) in [5, 5.41) is 42.9. The van der Waals surface area contributed by atoms with Gasteiger partial charge in [-0.05, 0) is 108 Å². The van der Waals surface area contributed by atoms with Crippen LogP contribution in [0.5, 0.6) is 23.0 Å². The molecule has 4 N–H and O–H groups in total. The van der Waals surface area contributed by atoms with Gasteiger partial charge in [-0.15, -0.1) is 0 Å². The second kappa shape index (κ2) is 42.8. The molecule has 8 rings (SSSR count). The van der Waals surface area contributed by atoms with Gasteiger partial charge in [-0.2, -0.15) is 0 Å². The van der Waals surface area contributed by atoms with Crippen LogP contribution in [0.3, 0.4) is 0 Å². The van der Waals surface area contributed by atoms with Crippen LogP contribution in [0.25, 0.3) is 68.3 Å². The van der Waals surface area contributed by atoms with Crippen molar-refractivity contribution in [2.24, 2.45) is 0 Å². The van der Waals surface area contributed by atoms with Crippen molar-refractivity contribution in [3.63, 3.8) is 0 Å². The largest absolute Gasteiger partial charge is 0.507 e. The number of aliphatic hydroxyl groups excluding tert-OH is 2. The summed E-state index contributed by atoms with van der Waals surface area (Å²) >= 11 is 0. The van der Waals surface area contributed by atoms with Gasteiger partial charge >= 0.3 is 0 Å². The van der Waals surface area contributed by atoms with Gasteiger partial charge in [-0.25, -0.2) is 29.9 Å². The zero-order chi connectivity index (χ0) is 69.0. The van der Waals surface area contributed by atoms with Crippen molar-refractivity contribution in [2.45, 2.75) is 223 Å². The van der Waals surface area contributed by atoms with Crippen LogP contribution in [0.1, 0.15) is 201 Å². The van der Waals surface area contributed by atoms with Crippen LogP contribution in [0.2, 0.25) is 0 Å². The lowest BCUT2D eigenvalue weighted by atomic mass is 10.0. The van der Waals surface area contributed by atoms with E-state index in [0.29, 0.717) is 70.8 Å². The SMILES string of the molecule is CC.CCCCCCCCCCCCCOCC(O)COc1ccc(-c2nc(-c3ccccc3C)nc(-c3ccc(C)cc3C)n2)c(O)c1.CCCCCCCCCCCCOCC(O)COc1ccc(-c2nc(-c3ccc(C)cc3C)nc(-c3ccc(C)cc3C)n2)c(O)c1. The highest BCUT2D eigenvalue weighted by Gasteiger charge is 2.21. The summed E-state index contributed by atoms with van der Waals surface area (Å²) in [5.74, 6) is 3.77. The molecular formula is C82H112N6O8. The molecule has 0 amide bonds. The number of aromatic hydroxyl groups is 2. The monoisotopic (exact) mass is 1310 g/mol. The Morgan fingerprint density at radius 3 is 0.896 bits per heavy atom. The number of rotatable bonds is 39. The van der Waals surface area contributed by atoms with E-state index >= 15 is 0 Å². The van der Waals surface area contributed by atoms with Crippen molar-refractivity contribution in [1.29, 1.82) is 0 Å². The van der Waals surface area contributed by atoms with Crippen molar-refractivity contribution in [1.82, 2.24) is 29.9 Å². The lowest BCUT2D eigenvalue weighted by Crippen LogP contribution is -2.23. The van der Waals surface area contributed by atoms with Crippen molar-refractivity contribution < 1.29 is 39.4 Å². The van der Waals surface area contributed by atoms with Crippen molar-refractivity contribution in [3.8, 4) is 91.3 Å². The Balaban J connectivity index is 0.000000296. The molecule has 2 aromatic heterocycles. The molecule has 518 valence electrons. The van der Waals surface area contributed by atoms with Gasteiger partial charge in [0.05, 0.1) is 24.3 Å². The van der Waals surface area contributed by atoms with Crippen LogP contribution in [0, 0.1) is 48.5 Å². The molecule has 0 saturated carbocycles. The molecule has 2 atom stereocenters. The summed E-state index contributed by atoms with van der Waals surface area (Å²) in [4.78, 5) is 28.9. The molecule has 0 spiro atoms. The van der Waals surface area contributed by atoms with Crippen LogP contribution >= 0.6 is 0 Å². The van der Waals surface area contributed by atoms with Crippen LogP contribution in [-0.2, 0) is 9.47 Å². The fourth-order valence-corrected chi connectivity index (χ4v) is 11.6. The van der Waals surface area contributed by atoms with Crippen LogP contribution in [0.4, 0.5) is 0 Å². The summed E-state index contributed by atoms with van der Waals surface area (Å²) in [7, 11) is 0. The summed E-state index contributed by atoms with van der Waals surface area (Å²) in [6.07, 6.45) is 25.5. The first-order chi connectivity index (χ1) is 46.6. The molecule has 0 saturated heterocycles. The number of phenols is 2. The second-order valence-corrected chi connectivity index (χ2v) is 25.5. The molecule has 0 fully saturated rings. The summed E-state index contributed by atoms with van der Waals surface area (Å²) in [6, 6.07) is 36.5. The number of aryl methyl sites for hydroxylation is 7. The van der Waals surface area contributed by atoms with Gasteiger partial charge in [0.15, 0.2) is 34.9 Å². The maximum atomic E-state index is 11.1. The normalized spacial score (nSPS) is 11.8. The standard InChI is InChI=1S/2C40H53N3O4.C2H6/c1-6-7-8-9-10-11-12-13-14-15-22-46-26-32(44)27-47-33-18-21-36(37(45)25-33)40-42-38(34-19-16-28(2)23-30(34)4)41-39(43-40)35-20-17-29(3)24-31(35)5;1-5-6-7-8-9-10-11-12-13-14-17-24-46-27-32(44)28-47-33-21-23-36(37(45)26-33)40-42-38(34-19-16-15-18-30(34)3)41-39(43-40)35-22-20-29(2)25-31(35)4;1-2/h16-21,23-25,32,44-45H,6-15,22,26-27H2,1-5H3;15-16,18-23,25-26,32,44-45H,5-14,17,24,27-28H2,1-4H3;1-2H3. The summed E-state index contributed by atoms with van der Waals surface area (Å²) in [5.41, 5.74) is 12.3. The average Bonchev–Trinajstić information content (AvgIpc) is 0.803. The Kier molecular flexibility index (Phi) is 34.5. The minimum Gasteiger partial charge on any atom is -0.507 e. The van der Waals surface area contributed by atoms with E-state index in [9.17, 15) is 20.4 Å². The number of hydrogen-bond acceptors (Lipinski definition) is 14. The first-order valence-electron chi connectivity index (χ1n) is 35.9. The molecular weight excluding hydrogens is 1200 g/mol. The first kappa shape index (κ1) is 77.4. The van der Waals surface area contributed by atoms with Crippen molar-refractivity contribution >= 4 is 0 Å². The molecule has 96 heavy (non-hydrogen) atoms. The first-order valence-corrected chi connectivity index (χ1v) is 35.9. The number of aliphatic hydroxyl groups is 2. The maximum absolute atomic E-state index is 11.1. The summed E-state index contributed by atoms with van der Waals surface area (Å²) in [6.45, 7) is 24.7. The van der Waals surface area contributed by atoms with Gasteiger partial charge in [-0.3, -0.25) is 0 Å². The third-order valence-corrected chi connectivity index (χ3v) is 17.0. The smallest absolute Gasteiger partial charge is 0.167 e. The predicted molar refractivity (Wildman–Crippen MR) is 393 cm³/mol. The molecule has 0 radical (unpaired) electrons. The Bertz CT molecular complexity index is 3510.